The van der Waals surface area contributed by atoms with Crippen LogP contribution in [0.2, 0.25) is 0 Å². The SMILES string of the molecule is CCN(CCCC(F)(F)F)c1cccc2ccccc12. The molecule has 0 atom stereocenters. The second kappa shape index (κ2) is 6.16. The van der Waals surface area contributed by atoms with Crippen LogP contribution in [0.3, 0.4) is 0 Å². The molecule has 0 aliphatic carbocycles. The van der Waals surface area contributed by atoms with Crippen LogP contribution in [0, 0.1) is 0 Å². The molecule has 0 heterocycles. The highest BCUT2D eigenvalue weighted by Crippen LogP contribution is 2.28. The van der Waals surface area contributed by atoms with E-state index in [2.05, 4.69) is 0 Å². The molecule has 0 saturated carbocycles. The zero-order chi connectivity index (χ0) is 14.6. The van der Waals surface area contributed by atoms with Crippen LogP contribution in [-0.2, 0) is 0 Å². The van der Waals surface area contributed by atoms with Crippen LogP contribution in [-0.4, -0.2) is 19.3 Å². The average Bonchev–Trinajstić information content (AvgIpc) is 2.42. The number of benzene rings is 2. The van der Waals surface area contributed by atoms with Crippen molar-refractivity contribution in [1.82, 2.24) is 0 Å². The Balaban J connectivity index is 2.17. The molecule has 0 saturated heterocycles. The van der Waals surface area contributed by atoms with Crippen LogP contribution >= 0.6 is 0 Å². The van der Waals surface area contributed by atoms with Gasteiger partial charge in [0.15, 0.2) is 0 Å². The molecule has 108 valence electrons. The van der Waals surface area contributed by atoms with E-state index >= 15 is 0 Å². The summed E-state index contributed by atoms with van der Waals surface area (Å²) in [6, 6.07) is 13.9. The van der Waals surface area contributed by atoms with Crippen LogP contribution in [0.25, 0.3) is 10.8 Å². The summed E-state index contributed by atoms with van der Waals surface area (Å²) in [6.45, 7) is 3.09. The summed E-state index contributed by atoms with van der Waals surface area (Å²) < 4.78 is 36.7. The highest BCUT2D eigenvalue weighted by atomic mass is 19.4. The third-order valence-electron chi connectivity index (χ3n) is 3.38. The smallest absolute Gasteiger partial charge is 0.371 e. The summed E-state index contributed by atoms with van der Waals surface area (Å²) in [6.07, 6.45) is -4.67. The molecule has 0 N–H and O–H groups in total. The van der Waals surface area contributed by atoms with Crippen molar-refractivity contribution < 1.29 is 13.2 Å². The molecular formula is C16H18F3N. The van der Waals surface area contributed by atoms with E-state index in [1.54, 1.807) is 0 Å². The van der Waals surface area contributed by atoms with Gasteiger partial charge in [0.05, 0.1) is 0 Å². The lowest BCUT2D eigenvalue weighted by Crippen LogP contribution is -2.25. The van der Waals surface area contributed by atoms with Crippen molar-refractivity contribution in [3.63, 3.8) is 0 Å². The Morgan fingerprint density at radius 3 is 2.40 bits per heavy atom. The van der Waals surface area contributed by atoms with Crippen molar-refractivity contribution in [3.8, 4) is 0 Å². The first-order valence-electron chi connectivity index (χ1n) is 6.81. The number of fused-ring (bicyclic) bond motifs is 1. The van der Waals surface area contributed by atoms with Gasteiger partial charge in [0.25, 0.3) is 0 Å². The Kier molecular flexibility index (Phi) is 4.53. The van der Waals surface area contributed by atoms with E-state index in [-0.39, 0.29) is 6.42 Å². The second-order valence-electron chi connectivity index (χ2n) is 4.80. The molecule has 2 rings (SSSR count). The molecule has 0 spiro atoms. The molecule has 1 nitrogen and oxygen atoms in total. The molecule has 0 unspecified atom stereocenters. The van der Waals surface area contributed by atoms with E-state index in [0.717, 1.165) is 16.5 Å². The molecule has 2 aromatic rings. The van der Waals surface area contributed by atoms with Crippen molar-refractivity contribution in [3.05, 3.63) is 42.5 Å². The van der Waals surface area contributed by atoms with Gasteiger partial charge >= 0.3 is 6.18 Å². The zero-order valence-corrected chi connectivity index (χ0v) is 11.5. The Hall–Kier alpha value is -1.71. The molecule has 0 aliphatic rings. The molecule has 0 bridgehead atoms. The number of rotatable bonds is 5. The van der Waals surface area contributed by atoms with Gasteiger partial charge < -0.3 is 4.90 Å². The minimum Gasteiger partial charge on any atom is -0.371 e. The van der Waals surface area contributed by atoms with Crippen LogP contribution in [0.5, 0.6) is 0 Å². The van der Waals surface area contributed by atoms with Crippen LogP contribution < -0.4 is 4.90 Å². The fourth-order valence-electron chi connectivity index (χ4n) is 2.40. The highest BCUT2D eigenvalue weighted by Gasteiger charge is 2.26. The normalized spacial score (nSPS) is 11.8. The first-order valence-corrected chi connectivity index (χ1v) is 6.81. The number of hydrogen-bond donors (Lipinski definition) is 0. The molecule has 0 aromatic heterocycles. The number of alkyl halides is 3. The summed E-state index contributed by atoms with van der Waals surface area (Å²) in [5.74, 6) is 0. The zero-order valence-electron chi connectivity index (χ0n) is 11.5. The Morgan fingerprint density at radius 1 is 1.00 bits per heavy atom. The van der Waals surface area contributed by atoms with Gasteiger partial charge in [-0.1, -0.05) is 36.4 Å². The first kappa shape index (κ1) is 14.7. The largest absolute Gasteiger partial charge is 0.389 e. The van der Waals surface area contributed by atoms with Gasteiger partial charge in [-0.3, -0.25) is 0 Å². The highest BCUT2D eigenvalue weighted by molar-refractivity contribution is 5.94. The number of nitrogens with zero attached hydrogens (tertiary/aromatic N) is 1. The summed E-state index contributed by atoms with van der Waals surface area (Å²) in [5, 5.41) is 2.20. The predicted octanol–water partition coefficient (Wildman–Crippen LogP) is 5.01. The van der Waals surface area contributed by atoms with E-state index in [9.17, 15) is 13.2 Å². The second-order valence-corrected chi connectivity index (χ2v) is 4.80. The Labute approximate surface area is 117 Å². The van der Waals surface area contributed by atoms with Gasteiger partial charge in [0.2, 0.25) is 0 Å². The molecule has 0 fully saturated rings. The fourth-order valence-corrected chi connectivity index (χ4v) is 2.40. The maximum Gasteiger partial charge on any atom is 0.389 e. The van der Waals surface area contributed by atoms with E-state index in [0.29, 0.717) is 13.1 Å². The van der Waals surface area contributed by atoms with Crippen molar-refractivity contribution in [2.45, 2.75) is 25.9 Å². The molecule has 2 aromatic carbocycles. The summed E-state index contributed by atoms with van der Waals surface area (Å²) in [7, 11) is 0. The van der Waals surface area contributed by atoms with E-state index < -0.39 is 12.6 Å². The van der Waals surface area contributed by atoms with Crippen molar-refractivity contribution >= 4 is 16.5 Å². The maximum absolute atomic E-state index is 12.2. The third kappa shape index (κ3) is 3.65. The standard InChI is InChI=1S/C16H18F3N/c1-2-20(12-6-11-16(17,18)19)15-10-5-8-13-7-3-4-9-14(13)15/h3-5,7-10H,2,6,11-12H2,1H3. The lowest BCUT2D eigenvalue weighted by molar-refractivity contribution is -0.135. The van der Waals surface area contributed by atoms with E-state index in [1.165, 1.54) is 0 Å². The monoisotopic (exact) mass is 281 g/mol. The first-order chi connectivity index (χ1) is 9.51. The van der Waals surface area contributed by atoms with Gasteiger partial charge in [-0.25, -0.2) is 0 Å². The van der Waals surface area contributed by atoms with Crippen LogP contribution in [0.15, 0.2) is 42.5 Å². The van der Waals surface area contributed by atoms with E-state index in [4.69, 9.17) is 0 Å². The fraction of sp³-hybridized carbons (Fsp3) is 0.375. The Morgan fingerprint density at radius 2 is 1.70 bits per heavy atom. The lowest BCUT2D eigenvalue weighted by atomic mass is 10.1. The molecule has 4 heteroatoms. The molecular weight excluding hydrogens is 263 g/mol. The van der Waals surface area contributed by atoms with E-state index in [1.807, 2.05) is 54.3 Å². The van der Waals surface area contributed by atoms with Crippen molar-refractivity contribution in [2.75, 3.05) is 18.0 Å². The van der Waals surface area contributed by atoms with Crippen LogP contribution in [0.1, 0.15) is 19.8 Å². The van der Waals surface area contributed by atoms with Gasteiger partial charge in [-0.15, -0.1) is 0 Å². The average molecular weight is 281 g/mol. The summed E-state index contributed by atoms with van der Waals surface area (Å²) in [5.41, 5.74) is 1.01. The molecule has 0 amide bonds. The number of hydrogen-bond acceptors (Lipinski definition) is 1. The minimum atomic E-state index is -4.07. The summed E-state index contributed by atoms with van der Waals surface area (Å²) in [4.78, 5) is 2.01. The minimum absolute atomic E-state index is 0.126. The molecule has 0 aliphatic heterocycles. The van der Waals surface area contributed by atoms with Gasteiger partial charge in [-0.2, -0.15) is 13.2 Å². The summed E-state index contributed by atoms with van der Waals surface area (Å²) >= 11 is 0. The lowest BCUT2D eigenvalue weighted by Gasteiger charge is -2.25. The van der Waals surface area contributed by atoms with Crippen LogP contribution in [0.4, 0.5) is 18.9 Å². The third-order valence-corrected chi connectivity index (χ3v) is 3.38. The van der Waals surface area contributed by atoms with Crippen molar-refractivity contribution in [2.24, 2.45) is 0 Å². The number of anilines is 1. The maximum atomic E-state index is 12.2. The van der Waals surface area contributed by atoms with Gasteiger partial charge in [0, 0.05) is 30.6 Å². The van der Waals surface area contributed by atoms with Gasteiger partial charge in [-0.05, 0) is 24.8 Å². The topological polar surface area (TPSA) is 3.24 Å². The number of halogens is 3. The molecule has 0 radical (unpaired) electrons. The van der Waals surface area contributed by atoms with Gasteiger partial charge in [0.1, 0.15) is 0 Å². The molecule has 20 heavy (non-hydrogen) atoms. The predicted molar refractivity (Wildman–Crippen MR) is 77.1 cm³/mol. The Bertz CT molecular complexity index is 558. The van der Waals surface area contributed by atoms with Crippen molar-refractivity contribution in [1.29, 1.82) is 0 Å². The quantitative estimate of drug-likeness (QED) is 0.744.